The molecule has 0 saturated carbocycles. The molecule has 0 atom stereocenters. The van der Waals surface area contributed by atoms with E-state index in [9.17, 15) is 4.79 Å². The van der Waals surface area contributed by atoms with Gasteiger partial charge in [0.1, 0.15) is 17.4 Å². The Morgan fingerprint density at radius 1 is 0.974 bits per heavy atom. The Labute approximate surface area is 234 Å². The highest BCUT2D eigenvalue weighted by atomic mass is 32.2. The summed E-state index contributed by atoms with van der Waals surface area (Å²) < 4.78 is 8.34. The smallest absolute Gasteiger partial charge is 0.267 e. The fraction of sp³-hybridized carbons (Fsp3) is 0.469. The summed E-state index contributed by atoms with van der Waals surface area (Å²) in [5.74, 6) is 1.49. The maximum absolute atomic E-state index is 13.2. The molecule has 1 amide bonds. The number of nitrogens with zero attached hydrogens (tertiary/aromatic N) is 2. The predicted molar refractivity (Wildman–Crippen MR) is 161 cm³/mol. The van der Waals surface area contributed by atoms with Crippen LogP contribution < -0.4 is 10.1 Å². The van der Waals surface area contributed by atoms with Crippen molar-refractivity contribution in [3.63, 3.8) is 0 Å². The van der Waals surface area contributed by atoms with Gasteiger partial charge >= 0.3 is 0 Å². The normalized spacial score (nSPS) is 11.7. The monoisotopic (exact) mass is 535 g/mol. The first-order chi connectivity index (χ1) is 18.4. The highest BCUT2D eigenvalue weighted by Crippen LogP contribution is 2.41. The van der Waals surface area contributed by atoms with Crippen molar-refractivity contribution in [2.75, 3.05) is 32.1 Å². The van der Waals surface area contributed by atoms with Crippen molar-refractivity contribution in [2.24, 2.45) is 0 Å². The summed E-state index contributed by atoms with van der Waals surface area (Å²) in [6.07, 6.45) is 1.89. The number of rotatable bonds is 15. The van der Waals surface area contributed by atoms with Gasteiger partial charge in [-0.1, -0.05) is 69.8 Å². The van der Waals surface area contributed by atoms with Crippen LogP contribution in [-0.4, -0.2) is 47.5 Å². The van der Waals surface area contributed by atoms with Crippen LogP contribution in [0.5, 0.6) is 5.75 Å². The number of likely N-dealkylation sites (N-methyl/N-ethyl adjacent to an activating group) is 1. The molecule has 0 saturated heterocycles. The number of ether oxygens (including phenoxy) is 1. The van der Waals surface area contributed by atoms with E-state index in [1.807, 2.05) is 24.3 Å². The maximum Gasteiger partial charge on any atom is 0.267 e. The molecule has 0 spiro atoms. The summed E-state index contributed by atoms with van der Waals surface area (Å²) in [5, 5.41) is 3.14. The third kappa shape index (κ3) is 6.83. The molecule has 6 heteroatoms. The summed E-state index contributed by atoms with van der Waals surface area (Å²) in [5.41, 5.74) is 4.16. The number of hydrogen-bond donors (Lipinski definition) is 1. The molecular weight excluding hydrogens is 490 g/mol. The Morgan fingerprint density at radius 3 is 2.29 bits per heavy atom. The van der Waals surface area contributed by atoms with Crippen LogP contribution in [0.1, 0.15) is 74.8 Å². The van der Waals surface area contributed by atoms with Gasteiger partial charge in [0, 0.05) is 35.6 Å². The van der Waals surface area contributed by atoms with Gasteiger partial charge in [0.2, 0.25) is 0 Å². The summed E-state index contributed by atoms with van der Waals surface area (Å²) in [6, 6.07) is 21.1. The van der Waals surface area contributed by atoms with Crippen LogP contribution in [0.3, 0.4) is 0 Å². The molecule has 5 nitrogen and oxygen atoms in total. The Balaban J connectivity index is 1.81. The van der Waals surface area contributed by atoms with Crippen molar-refractivity contribution >= 4 is 17.7 Å². The lowest BCUT2D eigenvalue weighted by Crippen LogP contribution is -2.36. The number of carbonyl (C=O) groups excluding carboxylic acids is 1. The standard InChI is InChI=1S/C32H45N3O2S/c1-7-32(8-2,26-17-19-29(25(6)23-26)37-24-38-27-15-13-12-14-16-27)30-20-18-28(35(30)11-5)31(36)33-21-22-34(9-3)10-4/h12-20,23H,7-11,21-22,24H2,1-6H3,(H,33,36). The third-order valence-electron chi connectivity index (χ3n) is 7.75. The summed E-state index contributed by atoms with van der Waals surface area (Å²) >= 11 is 1.69. The average Bonchev–Trinajstić information content (AvgIpc) is 3.38. The van der Waals surface area contributed by atoms with Crippen molar-refractivity contribution in [3.05, 3.63) is 83.2 Å². The van der Waals surface area contributed by atoms with Crippen LogP contribution >= 0.6 is 11.8 Å². The predicted octanol–water partition coefficient (Wildman–Crippen LogP) is 7.12. The second-order valence-electron chi connectivity index (χ2n) is 9.62. The first-order valence-electron chi connectivity index (χ1n) is 14.1. The molecule has 0 fully saturated rings. The Morgan fingerprint density at radius 2 is 1.68 bits per heavy atom. The van der Waals surface area contributed by atoms with Crippen LogP contribution in [-0.2, 0) is 12.0 Å². The first kappa shape index (κ1) is 29.9. The lowest BCUT2D eigenvalue weighted by Gasteiger charge is -2.34. The van der Waals surface area contributed by atoms with Crippen LogP contribution in [0.4, 0.5) is 0 Å². The van der Waals surface area contributed by atoms with E-state index in [0.717, 1.165) is 56.0 Å². The zero-order valence-corrected chi connectivity index (χ0v) is 24.9. The molecule has 3 rings (SSSR count). The van der Waals surface area contributed by atoms with Crippen molar-refractivity contribution in [2.45, 2.75) is 71.2 Å². The number of amides is 1. The van der Waals surface area contributed by atoms with Gasteiger partial charge in [-0.05, 0) is 81.2 Å². The summed E-state index contributed by atoms with van der Waals surface area (Å²) in [6.45, 7) is 17.3. The molecule has 0 aliphatic heterocycles. The first-order valence-corrected chi connectivity index (χ1v) is 15.0. The topological polar surface area (TPSA) is 46.5 Å². The van der Waals surface area contributed by atoms with Crippen LogP contribution in [0.2, 0.25) is 0 Å². The van der Waals surface area contributed by atoms with Gasteiger partial charge in [0.25, 0.3) is 5.91 Å². The minimum absolute atomic E-state index is 0.00204. The minimum atomic E-state index is -0.183. The lowest BCUT2D eigenvalue weighted by molar-refractivity contribution is 0.0939. The van der Waals surface area contributed by atoms with Gasteiger partial charge in [-0.2, -0.15) is 0 Å². The minimum Gasteiger partial charge on any atom is -0.482 e. The highest BCUT2D eigenvalue weighted by Gasteiger charge is 2.35. The summed E-state index contributed by atoms with van der Waals surface area (Å²) in [4.78, 5) is 16.7. The molecule has 0 aliphatic carbocycles. The van der Waals surface area contributed by atoms with Gasteiger partial charge in [-0.15, -0.1) is 0 Å². The number of hydrogen-bond acceptors (Lipinski definition) is 4. The van der Waals surface area contributed by atoms with E-state index in [0.29, 0.717) is 12.5 Å². The van der Waals surface area contributed by atoms with Crippen molar-refractivity contribution < 1.29 is 9.53 Å². The van der Waals surface area contributed by atoms with Gasteiger partial charge in [0.15, 0.2) is 0 Å². The van der Waals surface area contributed by atoms with Crippen LogP contribution in [0.15, 0.2) is 65.6 Å². The van der Waals surface area contributed by atoms with E-state index in [1.165, 1.54) is 16.2 Å². The van der Waals surface area contributed by atoms with Crippen molar-refractivity contribution in [3.8, 4) is 5.75 Å². The number of aromatic nitrogens is 1. The Kier molecular flexibility index (Phi) is 11.4. The van der Waals surface area contributed by atoms with E-state index in [-0.39, 0.29) is 11.3 Å². The van der Waals surface area contributed by atoms with E-state index in [4.69, 9.17) is 4.74 Å². The zero-order chi connectivity index (χ0) is 27.5. The number of thioether (sulfide) groups is 1. The molecule has 1 N–H and O–H groups in total. The van der Waals surface area contributed by atoms with E-state index in [1.54, 1.807) is 11.8 Å². The highest BCUT2D eigenvalue weighted by molar-refractivity contribution is 7.99. The Bertz CT molecular complexity index is 1150. The SMILES string of the molecule is CCN(CC)CCNC(=O)c1ccc(C(CC)(CC)c2ccc(OCSc3ccccc3)c(C)c2)n1CC. The van der Waals surface area contributed by atoms with Crippen LogP contribution in [0.25, 0.3) is 0 Å². The molecule has 0 bridgehead atoms. The maximum atomic E-state index is 13.2. The second kappa shape index (κ2) is 14.5. The number of aryl methyl sites for hydroxylation is 1. The lowest BCUT2D eigenvalue weighted by atomic mass is 9.72. The molecular formula is C32H45N3O2S. The fourth-order valence-corrected chi connectivity index (χ4v) is 6.01. The molecule has 0 aliphatic rings. The largest absolute Gasteiger partial charge is 0.482 e. The van der Waals surface area contributed by atoms with Crippen molar-refractivity contribution in [1.82, 2.24) is 14.8 Å². The molecule has 206 valence electrons. The van der Waals surface area contributed by atoms with E-state index in [2.05, 4.69) is 92.7 Å². The zero-order valence-electron chi connectivity index (χ0n) is 24.0. The fourth-order valence-electron chi connectivity index (χ4n) is 5.34. The number of nitrogens with one attached hydrogen (secondary N) is 1. The quantitative estimate of drug-likeness (QED) is 0.166. The number of benzene rings is 2. The second-order valence-corrected chi connectivity index (χ2v) is 10.6. The molecule has 0 unspecified atom stereocenters. The van der Waals surface area contributed by atoms with Crippen molar-refractivity contribution in [1.29, 1.82) is 0 Å². The van der Waals surface area contributed by atoms with Gasteiger partial charge in [-0.3, -0.25) is 4.79 Å². The molecule has 3 aromatic rings. The molecule has 2 aromatic carbocycles. The summed E-state index contributed by atoms with van der Waals surface area (Å²) in [7, 11) is 0. The van der Waals surface area contributed by atoms with Gasteiger partial charge in [-0.25, -0.2) is 0 Å². The third-order valence-corrected chi connectivity index (χ3v) is 8.59. The molecule has 38 heavy (non-hydrogen) atoms. The van der Waals surface area contributed by atoms with E-state index < -0.39 is 0 Å². The average molecular weight is 536 g/mol. The van der Waals surface area contributed by atoms with Crippen LogP contribution in [0, 0.1) is 6.92 Å². The van der Waals surface area contributed by atoms with Gasteiger partial charge in [0.05, 0.1) is 0 Å². The molecule has 1 heterocycles. The van der Waals surface area contributed by atoms with E-state index >= 15 is 0 Å². The molecule has 0 radical (unpaired) electrons. The Hall–Kier alpha value is -2.70. The molecule has 1 aromatic heterocycles. The van der Waals surface area contributed by atoms with Gasteiger partial charge < -0.3 is 19.5 Å². The number of carbonyl (C=O) groups is 1.